The second kappa shape index (κ2) is 4.65. The minimum Gasteiger partial charge on any atom is -0.367 e. The topological polar surface area (TPSA) is 24.9 Å². The van der Waals surface area contributed by atoms with Gasteiger partial charge in [-0.3, -0.25) is 0 Å². The summed E-state index contributed by atoms with van der Waals surface area (Å²) in [6.07, 6.45) is 5.32. The summed E-state index contributed by atoms with van der Waals surface area (Å²) in [5.41, 5.74) is 1.18. The monoisotopic (exact) mass is 204 g/mol. The fraction of sp³-hybridized carbons (Fsp3) is 0.615. The largest absolute Gasteiger partial charge is 0.367 e. The van der Waals surface area contributed by atoms with Crippen molar-refractivity contribution in [2.45, 2.75) is 51.5 Å². The molecule has 2 heteroatoms. The molecule has 2 rings (SSSR count). The molecular weight excluding hydrogens is 184 g/mol. The van der Waals surface area contributed by atoms with Gasteiger partial charge in [0.1, 0.15) is 5.82 Å². The van der Waals surface area contributed by atoms with Gasteiger partial charge in [0.2, 0.25) is 0 Å². The Balaban J connectivity index is 2.04. The molecule has 1 fully saturated rings. The van der Waals surface area contributed by atoms with E-state index in [1.807, 2.05) is 0 Å². The zero-order chi connectivity index (χ0) is 10.7. The number of nitrogens with one attached hydrogen (secondary N) is 1. The Morgan fingerprint density at radius 1 is 1.27 bits per heavy atom. The van der Waals surface area contributed by atoms with Crippen LogP contribution in [0.5, 0.6) is 0 Å². The van der Waals surface area contributed by atoms with Gasteiger partial charge in [-0.2, -0.15) is 0 Å². The summed E-state index contributed by atoms with van der Waals surface area (Å²) < 4.78 is 0. The van der Waals surface area contributed by atoms with E-state index in [4.69, 9.17) is 0 Å². The third-order valence-corrected chi connectivity index (χ3v) is 3.07. The zero-order valence-corrected chi connectivity index (χ0v) is 9.66. The van der Waals surface area contributed by atoms with Crippen LogP contribution in [0.25, 0.3) is 0 Å². The van der Waals surface area contributed by atoms with E-state index in [0.717, 1.165) is 5.82 Å². The zero-order valence-electron chi connectivity index (χ0n) is 9.66. The molecule has 82 valence electrons. The van der Waals surface area contributed by atoms with Crippen molar-refractivity contribution in [3.05, 3.63) is 23.9 Å². The highest BCUT2D eigenvalue weighted by Gasteiger charge is 2.14. The first kappa shape index (κ1) is 10.5. The number of aromatic nitrogens is 1. The van der Waals surface area contributed by atoms with Crippen LogP contribution in [0.3, 0.4) is 0 Å². The normalized spacial score (nSPS) is 17.3. The maximum atomic E-state index is 4.62. The highest BCUT2D eigenvalue weighted by molar-refractivity contribution is 5.37. The summed E-state index contributed by atoms with van der Waals surface area (Å²) >= 11 is 0. The standard InChI is InChI=1S/C13H20N2/c1-10(2)12-8-5-9-13(15-12)14-11-6-3-4-7-11/h5,8-11H,3-4,6-7H2,1-2H3,(H,14,15). The highest BCUT2D eigenvalue weighted by Crippen LogP contribution is 2.22. The molecule has 0 saturated heterocycles. The van der Waals surface area contributed by atoms with Crippen molar-refractivity contribution < 1.29 is 0 Å². The molecule has 0 aliphatic heterocycles. The van der Waals surface area contributed by atoms with Crippen molar-refractivity contribution in [2.24, 2.45) is 0 Å². The van der Waals surface area contributed by atoms with Crippen LogP contribution in [0.1, 0.15) is 51.1 Å². The van der Waals surface area contributed by atoms with Crippen molar-refractivity contribution in [1.29, 1.82) is 0 Å². The molecule has 15 heavy (non-hydrogen) atoms. The van der Waals surface area contributed by atoms with E-state index < -0.39 is 0 Å². The lowest BCUT2D eigenvalue weighted by atomic mass is 10.1. The Labute approximate surface area is 92.1 Å². The Morgan fingerprint density at radius 3 is 2.67 bits per heavy atom. The number of hydrogen-bond acceptors (Lipinski definition) is 2. The number of anilines is 1. The summed E-state index contributed by atoms with van der Waals surface area (Å²) in [6, 6.07) is 6.92. The van der Waals surface area contributed by atoms with Crippen LogP contribution in [0, 0.1) is 0 Å². The predicted molar refractivity (Wildman–Crippen MR) is 64.2 cm³/mol. The van der Waals surface area contributed by atoms with E-state index in [-0.39, 0.29) is 0 Å². The number of rotatable bonds is 3. The van der Waals surface area contributed by atoms with Gasteiger partial charge in [-0.05, 0) is 30.9 Å². The van der Waals surface area contributed by atoms with Crippen LogP contribution >= 0.6 is 0 Å². The van der Waals surface area contributed by atoms with Gasteiger partial charge in [-0.1, -0.05) is 32.8 Å². The molecule has 1 aromatic heterocycles. The molecule has 0 bridgehead atoms. The molecule has 0 spiro atoms. The lowest BCUT2D eigenvalue weighted by Crippen LogP contribution is -2.15. The lowest BCUT2D eigenvalue weighted by Gasteiger charge is -2.14. The summed E-state index contributed by atoms with van der Waals surface area (Å²) in [5, 5.41) is 3.53. The fourth-order valence-electron chi connectivity index (χ4n) is 2.13. The van der Waals surface area contributed by atoms with Crippen molar-refractivity contribution in [3.63, 3.8) is 0 Å². The van der Waals surface area contributed by atoms with E-state index in [1.54, 1.807) is 0 Å². The molecule has 0 radical (unpaired) electrons. The first-order chi connectivity index (χ1) is 7.25. The van der Waals surface area contributed by atoms with Gasteiger partial charge in [0, 0.05) is 11.7 Å². The van der Waals surface area contributed by atoms with Gasteiger partial charge in [0.15, 0.2) is 0 Å². The second-order valence-electron chi connectivity index (χ2n) is 4.73. The first-order valence-electron chi connectivity index (χ1n) is 5.99. The Kier molecular flexibility index (Phi) is 3.24. The Morgan fingerprint density at radius 2 is 2.00 bits per heavy atom. The fourth-order valence-corrected chi connectivity index (χ4v) is 2.13. The molecule has 1 aliphatic rings. The van der Waals surface area contributed by atoms with Gasteiger partial charge < -0.3 is 5.32 Å². The van der Waals surface area contributed by atoms with Crippen molar-refractivity contribution in [2.75, 3.05) is 5.32 Å². The Bertz CT molecular complexity index is 314. The lowest BCUT2D eigenvalue weighted by molar-refractivity contribution is 0.744. The number of hydrogen-bond donors (Lipinski definition) is 1. The molecule has 0 unspecified atom stereocenters. The Hall–Kier alpha value is -1.05. The van der Waals surface area contributed by atoms with Crippen LogP contribution < -0.4 is 5.32 Å². The molecule has 1 aliphatic carbocycles. The van der Waals surface area contributed by atoms with Crippen LogP contribution in [0.4, 0.5) is 5.82 Å². The van der Waals surface area contributed by atoms with Gasteiger partial charge in [0.25, 0.3) is 0 Å². The molecule has 1 heterocycles. The maximum absolute atomic E-state index is 4.62. The number of nitrogens with zero attached hydrogens (tertiary/aromatic N) is 1. The molecular formula is C13H20N2. The number of pyridine rings is 1. The van der Waals surface area contributed by atoms with Crippen LogP contribution in [0.2, 0.25) is 0 Å². The van der Waals surface area contributed by atoms with Gasteiger partial charge in [-0.15, -0.1) is 0 Å². The van der Waals surface area contributed by atoms with Crippen LogP contribution in [-0.2, 0) is 0 Å². The molecule has 1 saturated carbocycles. The summed E-state index contributed by atoms with van der Waals surface area (Å²) in [7, 11) is 0. The minimum absolute atomic E-state index is 0.510. The van der Waals surface area contributed by atoms with E-state index in [2.05, 4.69) is 42.3 Å². The summed E-state index contributed by atoms with van der Waals surface area (Å²) in [5.74, 6) is 1.56. The van der Waals surface area contributed by atoms with Crippen molar-refractivity contribution in [1.82, 2.24) is 4.98 Å². The van der Waals surface area contributed by atoms with E-state index >= 15 is 0 Å². The van der Waals surface area contributed by atoms with E-state index in [0.29, 0.717) is 12.0 Å². The third-order valence-electron chi connectivity index (χ3n) is 3.07. The average molecular weight is 204 g/mol. The van der Waals surface area contributed by atoms with E-state index in [1.165, 1.54) is 31.4 Å². The van der Waals surface area contributed by atoms with Gasteiger partial charge in [0.05, 0.1) is 0 Å². The SMILES string of the molecule is CC(C)c1cccc(NC2CCCC2)n1. The molecule has 0 atom stereocenters. The molecule has 1 aromatic rings. The van der Waals surface area contributed by atoms with Crippen LogP contribution in [0.15, 0.2) is 18.2 Å². The molecule has 2 nitrogen and oxygen atoms in total. The smallest absolute Gasteiger partial charge is 0.126 e. The minimum atomic E-state index is 0.510. The molecule has 1 N–H and O–H groups in total. The van der Waals surface area contributed by atoms with Crippen molar-refractivity contribution >= 4 is 5.82 Å². The average Bonchev–Trinajstić information content (AvgIpc) is 2.71. The van der Waals surface area contributed by atoms with Gasteiger partial charge in [-0.25, -0.2) is 4.98 Å². The predicted octanol–water partition coefficient (Wildman–Crippen LogP) is 3.56. The van der Waals surface area contributed by atoms with E-state index in [9.17, 15) is 0 Å². The first-order valence-corrected chi connectivity index (χ1v) is 5.99. The third kappa shape index (κ3) is 2.71. The molecule has 0 amide bonds. The summed E-state index contributed by atoms with van der Waals surface area (Å²) in [6.45, 7) is 4.36. The maximum Gasteiger partial charge on any atom is 0.126 e. The van der Waals surface area contributed by atoms with Gasteiger partial charge >= 0.3 is 0 Å². The highest BCUT2D eigenvalue weighted by atomic mass is 15.0. The molecule has 0 aromatic carbocycles. The second-order valence-corrected chi connectivity index (χ2v) is 4.73. The van der Waals surface area contributed by atoms with Crippen LogP contribution in [-0.4, -0.2) is 11.0 Å². The summed E-state index contributed by atoms with van der Waals surface area (Å²) in [4.78, 5) is 4.62. The van der Waals surface area contributed by atoms with Crippen molar-refractivity contribution in [3.8, 4) is 0 Å². The quantitative estimate of drug-likeness (QED) is 0.814.